The van der Waals surface area contributed by atoms with E-state index in [1.54, 1.807) is 7.11 Å². The summed E-state index contributed by atoms with van der Waals surface area (Å²) in [6.07, 6.45) is 5.52. The standard InChI is InChI=1S/C15H32N2O/c1-14(2,3)16-12-15(8-6-7-9-15)13-17(4)10-11-18-5/h16H,6-13H2,1-5H3. The van der Waals surface area contributed by atoms with Crippen LogP contribution in [0.4, 0.5) is 0 Å². The fourth-order valence-corrected chi connectivity index (χ4v) is 2.87. The molecule has 1 rings (SSSR count). The van der Waals surface area contributed by atoms with Crippen molar-refractivity contribution in [2.24, 2.45) is 5.41 Å². The van der Waals surface area contributed by atoms with E-state index >= 15 is 0 Å². The van der Waals surface area contributed by atoms with Gasteiger partial charge in [0.15, 0.2) is 0 Å². The predicted molar refractivity (Wildman–Crippen MR) is 78.0 cm³/mol. The Morgan fingerprint density at radius 2 is 1.83 bits per heavy atom. The highest BCUT2D eigenvalue weighted by Gasteiger charge is 2.35. The number of likely N-dealkylation sites (N-methyl/N-ethyl adjacent to an activating group) is 1. The number of hydrogen-bond donors (Lipinski definition) is 1. The highest BCUT2D eigenvalue weighted by atomic mass is 16.5. The van der Waals surface area contributed by atoms with Crippen LogP contribution in [0.25, 0.3) is 0 Å². The molecule has 1 N–H and O–H groups in total. The minimum absolute atomic E-state index is 0.223. The average molecular weight is 256 g/mol. The van der Waals surface area contributed by atoms with Crippen molar-refractivity contribution in [1.29, 1.82) is 0 Å². The van der Waals surface area contributed by atoms with Crippen molar-refractivity contribution in [1.82, 2.24) is 10.2 Å². The number of nitrogens with zero attached hydrogens (tertiary/aromatic N) is 1. The van der Waals surface area contributed by atoms with Crippen LogP contribution in [0.5, 0.6) is 0 Å². The molecule has 0 spiro atoms. The van der Waals surface area contributed by atoms with Gasteiger partial charge in [0.25, 0.3) is 0 Å². The van der Waals surface area contributed by atoms with Crippen molar-refractivity contribution >= 4 is 0 Å². The molecule has 0 atom stereocenters. The third-order valence-electron chi connectivity index (χ3n) is 3.94. The second kappa shape index (κ2) is 6.88. The van der Waals surface area contributed by atoms with Crippen molar-refractivity contribution in [2.45, 2.75) is 52.0 Å². The maximum absolute atomic E-state index is 5.17. The lowest BCUT2D eigenvalue weighted by Crippen LogP contribution is -2.47. The number of ether oxygens (including phenoxy) is 1. The van der Waals surface area contributed by atoms with Gasteiger partial charge in [0.1, 0.15) is 0 Å². The molecule has 0 saturated heterocycles. The predicted octanol–water partition coefficient (Wildman–Crippen LogP) is 2.51. The molecule has 0 radical (unpaired) electrons. The molecular weight excluding hydrogens is 224 g/mol. The van der Waals surface area contributed by atoms with Gasteiger partial charge in [-0.25, -0.2) is 0 Å². The lowest BCUT2D eigenvalue weighted by atomic mass is 9.84. The number of methoxy groups -OCH3 is 1. The molecule has 3 heteroatoms. The molecule has 1 fully saturated rings. The zero-order chi connectivity index (χ0) is 13.6. The van der Waals surface area contributed by atoms with Crippen molar-refractivity contribution in [2.75, 3.05) is 40.4 Å². The third kappa shape index (κ3) is 5.68. The molecule has 0 amide bonds. The van der Waals surface area contributed by atoms with Crippen molar-refractivity contribution in [3.63, 3.8) is 0 Å². The molecule has 0 aromatic heterocycles. The average Bonchev–Trinajstić information content (AvgIpc) is 2.72. The van der Waals surface area contributed by atoms with Crippen LogP contribution in [-0.4, -0.2) is 50.8 Å². The molecule has 1 aliphatic carbocycles. The third-order valence-corrected chi connectivity index (χ3v) is 3.94. The molecule has 3 nitrogen and oxygen atoms in total. The highest BCUT2D eigenvalue weighted by molar-refractivity contribution is 4.90. The van der Waals surface area contributed by atoms with Gasteiger partial charge in [-0.2, -0.15) is 0 Å². The summed E-state index contributed by atoms with van der Waals surface area (Å²) >= 11 is 0. The largest absolute Gasteiger partial charge is 0.383 e. The van der Waals surface area contributed by atoms with Crippen LogP contribution in [0.1, 0.15) is 46.5 Å². The van der Waals surface area contributed by atoms with E-state index in [2.05, 4.69) is 38.0 Å². The van der Waals surface area contributed by atoms with Crippen LogP contribution < -0.4 is 5.32 Å². The van der Waals surface area contributed by atoms with Crippen LogP contribution in [0.15, 0.2) is 0 Å². The first-order valence-corrected chi connectivity index (χ1v) is 7.29. The van der Waals surface area contributed by atoms with Crippen molar-refractivity contribution < 1.29 is 4.74 Å². The van der Waals surface area contributed by atoms with Crippen molar-refractivity contribution in [3.05, 3.63) is 0 Å². The molecule has 0 bridgehead atoms. The van der Waals surface area contributed by atoms with Gasteiger partial charge in [0.05, 0.1) is 6.61 Å². The molecule has 0 aromatic rings. The molecule has 0 heterocycles. The van der Waals surface area contributed by atoms with Crippen LogP contribution in [0.3, 0.4) is 0 Å². The lowest BCUT2D eigenvalue weighted by Gasteiger charge is -2.36. The van der Waals surface area contributed by atoms with Gasteiger partial charge in [0.2, 0.25) is 0 Å². The maximum Gasteiger partial charge on any atom is 0.0589 e. The van der Waals surface area contributed by atoms with Gasteiger partial charge in [-0.1, -0.05) is 12.8 Å². The van der Waals surface area contributed by atoms with E-state index in [-0.39, 0.29) is 5.54 Å². The van der Waals surface area contributed by atoms with E-state index in [0.29, 0.717) is 5.41 Å². The van der Waals surface area contributed by atoms with Crippen molar-refractivity contribution in [3.8, 4) is 0 Å². The SMILES string of the molecule is COCCN(C)CC1(CNC(C)(C)C)CCCC1. The smallest absolute Gasteiger partial charge is 0.0589 e. The molecule has 1 saturated carbocycles. The van der Waals surface area contributed by atoms with E-state index < -0.39 is 0 Å². The minimum atomic E-state index is 0.223. The second-order valence-electron chi connectivity index (χ2n) is 7.04. The monoisotopic (exact) mass is 256 g/mol. The summed E-state index contributed by atoms with van der Waals surface area (Å²) in [4.78, 5) is 2.43. The summed E-state index contributed by atoms with van der Waals surface area (Å²) in [5.41, 5.74) is 0.705. The highest BCUT2D eigenvalue weighted by Crippen LogP contribution is 2.38. The van der Waals surface area contributed by atoms with Gasteiger partial charge >= 0.3 is 0 Å². The zero-order valence-electron chi connectivity index (χ0n) is 13.0. The van der Waals surface area contributed by atoms with E-state index in [4.69, 9.17) is 4.74 Å². The topological polar surface area (TPSA) is 24.5 Å². The Hall–Kier alpha value is -0.120. The maximum atomic E-state index is 5.17. The van der Waals surface area contributed by atoms with Crippen LogP contribution in [0.2, 0.25) is 0 Å². The summed E-state index contributed by atoms with van der Waals surface area (Å²) in [6.45, 7) is 11.0. The summed E-state index contributed by atoms with van der Waals surface area (Å²) in [5, 5.41) is 3.71. The molecule has 18 heavy (non-hydrogen) atoms. The summed E-state index contributed by atoms with van der Waals surface area (Å²) in [6, 6.07) is 0. The first-order valence-electron chi connectivity index (χ1n) is 7.29. The number of rotatable bonds is 7. The Morgan fingerprint density at radius 1 is 1.22 bits per heavy atom. The van der Waals surface area contributed by atoms with Gasteiger partial charge in [-0.05, 0) is 46.1 Å². The zero-order valence-corrected chi connectivity index (χ0v) is 13.0. The Bertz CT molecular complexity index is 229. The van der Waals surface area contributed by atoms with Gasteiger partial charge in [0, 0.05) is 32.3 Å². The Labute approximate surface area is 113 Å². The molecule has 1 aliphatic rings. The molecule has 0 unspecified atom stereocenters. The molecular formula is C15H32N2O. The van der Waals surface area contributed by atoms with Gasteiger partial charge in [-0.3, -0.25) is 0 Å². The Kier molecular flexibility index (Phi) is 6.09. The first kappa shape index (κ1) is 15.9. The summed E-state index contributed by atoms with van der Waals surface area (Å²) < 4.78 is 5.17. The fraction of sp³-hybridized carbons (Fsp3) is 1.00. The molecule has 0 aromatic carbocycles. The van der Waals surface area contributed by atoms with E-state index in [1.807, 2.05) is 0 Å². The van der Waals surface area contributed by atoms with Crippen LogP contribution >= 0.6 is 0 Å². The van der Waals surface area contributed by atoms with E-state index in [9.17, 15) is 0 Å². The molecule has 108 valence electrons. The first-order chi connectivity index (χ1) is 8.37. The normalized spacial score (nSPS) is 19.7. The van der Waals surface area contributed by atoms with Crippen LogP contribution in [-0.2, 0) is 4.74 Å². The molecule has 0 aliphatic heterocycles. The van der Waals surface area contributed by atoms with Crippen LogP contribution in [0, 0.1) is 5.41 Å². The summed E-state index contributed by atoms with van der Waals surface area (Å²) in [7, 11) is 4.00. The van der Waals surface area contributed by atoms with Gasteiger partial charge < -0.3 is 15.0 Å². The Morgan fingerprint density at radius 3 is 2.33 bits per heavy atom. The quantitative estimate of drug-likeness (QED) is 0.757. The lowest BCUT2D eigenvalue weighted by molar-refractivity contribution is 0.119. The number of hydrogen-bond acceptors (Lipinski definition) is 3. The fourth-order valence-electron chi connectivity index (χ4n) is 2.87. The van der Waals surface area contributed by atoms with Gasteiger partial charge in [-0.15, -0.1) is 0 Å². The second-order valence-corrected chi connectivity index (χ2v) is 7.04. The Balaban J connectivity index is 2.47. The summed E-state index contributed by atoms with van der Waals surface area (Å²) in [5.74, 6) is 0. The number of nitrogens with one attached hydrogen (secondary N) is 1. The van der Waals surface area contributed by atoms with E-state index in [0.717, 1.165) is 19.7 Å². The minimum Gasteiger partial charge on any atom is -0.383 e. The van der Waals surface area contributed by atoms with E-state index in [1.165, 1.54) is 32.2 Å².